The number of unbranched alkanes of at least 4 members (excludes halogenated alkanes) is 2. The molecule has 0 saturated carbocycles. The molecule has 0 bridgehead atoms. The van der Waals surface area contributed by atoms with Gasteiger partial charge in [-0.15, -0.1) is 0 Å². The first-order valence-electron chi connectivity index (χ1n) is 8.81. The molecule has 0 heterocycles. The summed E-state index contributed by atoms with van der Waals surface area (Å²) in [6, 6.07) is 0. The molecule has 0 amide bonds. The van der Waals surface area contributed by atoms with Crippen molar-refractivity contribution in [2.75, 3.05) is 0 Å². The summed E-state index contributed by atoms with van der Waals surface area (Å²) in [5.74, 6) is 0.586. The van der Waals surface area contributed by atoms with Crippen LogP contribution in [0.25, 0.3) is 0 Å². The van der Waals surface area contributed by atoms with Gasteiger partial charge in [0, 0.05) is 12.3 Å². The average Bonchev–Trinajstić information content (AvgIpc) is 2.50. The lowest BCUT2D eigenvalue weighted by molar-refractivity contribution is -0.122. The Morgan fingerprint density at radius 2 is 1.27 bits per heavy atom. The minimum atomic E-state index is 0.192. The number of hydrogen-bond acceptors (Lipinski definition) is 1. The predicted octanol–water partition coefficient (Wildman–Crippen LogP) is 6.58. The topological polar surface area (TPSA) is 17.1 Å². The number of hydrogen-bond donors (Lipinski definition) is 0. The largest absolute Gasteiger partial charge is 0.299 e. The number of carbonyl (C=O) groups is 1. The van der Waals surface area contributed by atoms with E-state index >= 15 is 0 Å². The molecule has 0 N–H and O–H groups in total. The maximum absolute atomic E-state index is 11.4. The first kappa shape index (κ1) is 20.6. The minimum Gasteiger partial charge on any atom is -0.299 e. The van der Waals surface area contributed by atoms with Crippen LogP contribution in [-0.4, -0.2) is 5.78 Å². The summed E-state index contributed by atoms with van der Waals surface area (Å²) in [4.78, 5) is 11.4. The van der Waals surface area contributed by atoms with Crippen molar-refractivity contribution in [2.24, 2.45) is 5.92 Å². The Morgan fingerprint density at radius 1 is 0.773 bits per heavy atom. The van der Waals surface area contributed by atoms with E-state index in [-0.39, 0.29) is 5.92 Å². The Labute approximate surface area is 137 Å². The van der Waals surface area contributed by atoms with Crippen molar-refractivity contribution < 1.29 is 4.79 Å². The quantitative estimate of drug-likeness (QED) is 0.277. The second-order valence-corrected chi connectivity index (χ2v) is 5.87. The Morgan fingerprint density at radius 3 is 1.77 bits per heavy atom. The first-order chi connectivity index (χ1) is 10.7. The molecule has 1 nitrogen and oxygen atoms in total. The lowest BCUT2D eigenvalue weighted by atomic mass is 10.0. The van der Waals surface area contributed by atoms with Crippen molar-refractivity contribution in [3.63, 3.8) is 0 Å². The summed E-state index contributed by atoms with van der Waals surface area (Å²) in [6.45, 7) is 6.11. The predicted molar refractivity (Wildman–Crippen MR) is 99.0 cm³/mol. The van der Waals surface area contributed by atoms with Crippen LogP contribution in [-0.2, 0) is 4.79 Å². The number of carbonyl (C=O) groups excluding carboxylic acids is 1. The van der Waals surface area contributed by atoms with Crippen LogP contribution in [0.15, 0.2) is 48.6 Å². The van der Waals surface area contributed by atoms with Crippen LogP contribution in [0.1, 0.15) is 72.1 Å². The van der Waals surface area contributed by atoms with Crippen LogP contribution in [0.3, 0.4) is 0 Å². The highest BCUT2D eigenvalue weighted by Gasteiger charge is 2.05. The molecule has 0 saturated heterocycles. The monoisotopic (exact) mass is 302 g/mol. The minimum absolute atomic E-state index is 0.192. The van der Waals surface area contributed by atoms with Crippen LogP contribution < -0.4 is 0 Å². The first-order valence-corrected chi connectivity index (χ1v) is 8.81. The van der Waals surface area contributed by atoms with Gasteiger partial charge in [-0.25, -0.2) is 0 Å². The SMILES string of the molecule is CC/C=C\C/C=C\C/C=C\C/C=C\CCCCC(=O)C(C)C. The van der Waals surface area contributed by atoms with E-state index in [4.69, 9.17) is 0 Å². The van der Waals surface area contributed by atoms with E-state index in [2.05, 4.69) is 55.5 Å². The summed E-state index contributed by atoms with van der Waals surface area (Å²) in [6.07, 6.45) is 25.9. The maximum Gasteiger partial charge on any atom is 0.135 e. The summed E-state index contributed by atoms with van der Waals surface area (Å²) < 4.78 is 0. The smallest absolute Gasteiger partial charge is 0.135 e. The Balaban J connectivity index is 3.45. The molecule has 0 aromatic rings. The van der Waals surface area contributed by atoms with Gasteiger partial charge in [0.2, 0.25) is 0 Å². The van der Waals surface area contributed by atoms with Gasteiger partial charge in [0.1, 0.15) is 5.78 Å². The van der Waals surface area contributed by atoms with Gasteiger partial charge in [-0.05, 0) is 44.9 Å². The number of Topliss-reactive ketones (excluding diaryl/α,β-unsaturated/α-hetero) is 1. The fourth-order valence-corrected chi connectivity index (χ4v) is 1.95. The van der Waals surface area contributed by atoms with E-state index in [1.54, 1.807) is 0 Å². The lowest BCUT2D eigenvalue weighted by Gasteiger charge is -2.02. The van der Waals surface area contributed by atoms with E-state index < -0.39 is 0 Å². The van der Waals surface area contributed by atoms with Gasteiger partial charge >= 0.3 is 0 Å². The van der Waals surface area contributed by atoms with Gasteiger partial charge < -0.3 is 0 Å². The number of rotatable bonds is 13. The molecular weight excluding hydrogens is 268 g/mol. The molecule has 0 rings (SSSR count). The van der Waals surface area contributed by atoms with Crippen LogP contribution >= 0.6 is 0 Å². The molecule has 1 heteroatoms. The van der Waals surface area contributed by atoms with E-state index in [1.165, 1.54) is 0 Å². The van der Waals surface area contributed by atoms with E-state index in [0.717, 1.165) is 51.4 Å². The van der Waals surface area contributed by atoms with Crippen LogP contribution in [0.5, 0.6) is 0 Å². The van der Waals surface area contributed by atoms with Gasteiger partial charge in [-0.3, -0.25) is 4.79 Å². The van der Waals surface area contributed by atoms with Crippen molar-refractivity contribution in [3.8, 4) is 0 Å². The molecule has 22 heavy (non-hydrogen) atoms. The highest BCUT2D eigenvalue weighted by Crippen LogP contribution is 2.06. The third-order valence-electron chi connectivity index (χ3n) is 3.41. The third kappa shape index (κ3) is 15.0. The molecule has 0 spiro atoms. The molecule has 0 fully saturated rings. The highest BCUT2D eigenvalue weighted by atomic mass is 16.1. The van der Waals surface area contributed by atoms with Gasteiger partial charge in [-0.1, -0.05) is 69.4 Å². The molecule has 0 aliphatic heterocycles. The van der Waals surface area contributed by atoms with Crippen molar-refractivity contribution >= 4 is 5.78 Å². The molecule has 0 atom stereocenters. The van der Waals surface area contributed by atoms with Gasteiger partial charge in [-0.2, -0.15) is 0 Å². The average molecular weight is 303 g/mol. The normalized spacial score (nSPS) is 12.7. The molecule has 0 unspecified atom stereocenters. The lowest BCUT2D eigenvalue weighted by Crippen LogP contribution is -2.05. The van der Waals surface area contributed by atoms with Crippen molar-refractivity contribution in [1.82, 2.24) is 0 Å². The van der Waals surface area contributed by atoms with Gasteiger partial charge in [0.25, 0.3) is 0 Å². The van der Waals surface area contributed by atoms with Crippen LogP contribution in [0, 0.1) is 5.92 Å². The zero-order valence-electron chi connectivity index (χ0n) is 14.8. The van der Waals surface area contributed by atoms with E-state index in [1.807, 2.05) is 13.8 Å². The van der Waals surface area contributed by atoms with Gasteiger partial charge in [0.05, 0.1) is 0 Å². The van der Waals surface area contributed by atoms with Crippen molar-refractivity contribution in [1.29, 1.82) is 0 Å². The van der Waals surface area contributed by atoms with Gasteiger partial charge in [0.15, 0.2) is 0 Å². The Bertz CT molecular complexity index is 369. The van der Waals surface area contributed by atoms with Crippen LogP contribution in [0.4, 0.5) is 0 Å². The third-order valence-corrected chi connectivity index (χ3v) is 3.41. The zero-order valence-corrected chi connectivity index (χ0v) is 14.8. The summed E-state index contributed by atoms with van der Waals surface area (Å²) in [7, 11) is 0. The molecule has 0 aromatic heterocycles. The second-order valence-electron chi connectivity index (χ2n) is 5.87. The maximum atomic E-state index is 11.4. The molecule has 0 aromatic carbocycles. The van der Waals surface area contributed by atoms with E-state index in [9.17, 15) is 4.79 Å². The number of ketones is 1. The summed E-state index contributed by atoms with van der Waals surface area (Å²) >= 11 is 0. The molecule has 0 aliphatic rings. The summed E-state index contributed by atoms with van der Waals surface area (Å²) in [5.41, 5.74) is 0. The zero-order chi connectivity index (χ0) is 16.5. The molecule has 0 radical (unpaired) electrons. The fourth-order valence-electron chi connectivity index (χ4n) is 1.95. The molecule has 124 valence electrons. The van der Waals surface area contributed by atoms with E-state index in [0.29, 0.717) is 5.78 Å². The Hall–Kier alpha value is -1.37. The summed E-state index contributed by atoms with van der Waals surface area (Å²) in [5, 5.41) is 0. The fraction of sp³-hybridized carbons (Fsp3) is 0.571. The molecule has 0 aliphatic carbocycles. The van der Waals surface area contributed by atoms with Crippen LogP contribution in [0.2, 0.25) is 0 Å². The Kier molecular flexibility index (Phi) is 15.0. The number of allylic oxidation sites excluding steroid dienone is 8. The molecular formula is C21H34O. The van der Waals surface area contributed by atoms with Crippen molar-refractivity contribution in [2.45, 2.75) is 72.1 Å². The highest BCUT2D eigenvalue weighted by molar-refractivity contribution is 5.80. The standard InChI is InChI=1S/C21H34O/c1-4-5-6-7-8-9-10-11-12-13-14-15-16-17-18-19-21(22)20(2)3/h5-6,8-9,11-12,14-15,20H,4,7,10,13,16-19H2,1-3H3/b6-5-,9-8-,12-11-,15-14-. The van der Waals surface area contributed by atoms with Crippen molar-refractivity contribution in [3.05, 3.63) is 48.6 Å². The second kappa shape index (κ2) is 16.0.